The number of hydrogen-bond acceptors (Lipinski definition) is 3. The van der Waals surface area contributed by atoms with Crippen molar-refractivity contribution < 1.29 is 9.53 Å². The topological polar surface area (TPSA) is 50.4 Å². The summed E-state index contributed by atoms with van der Waals surface area (Å²) in [7, 11) is 0. The molecule has 1 amide bonds. The van der Waals surface area contributed by atoms with Crippen molar-refractivity contribution >= 4 is 11.6 Å². The van der Waals surface area contributed by atoms with Gasteiger partial charge < -0.3 is 10.1 Å². The maximum Gasteiger partial charge on any atom is 0.238 e. The third-order valence-corrected chi connectivity index (χ3v) is 2.64. The lowest BCUT2D eigenvalue weighted by Crippen LogP contribution is -2.28. The number of amides is 1. The number of terminal acetylenes is 1. The quantitative estimate of drug-likeness (QED) is 0.632. The molecule has 0 saturated heterocycles. The van der Waals surface area contributed by atoms with Crippen LogP contribution in [0.15, 0.2) is 54.6 Å². The van der Waals surface area contributed by atoms with Gasteiger partial charge in [-0.3, -0.25) is 10.1 Å². The van der Waals surface area contributed by atoms with E-state index in [1.807, 2.05) is 42.5 Å². The van der Waals surface area contributed by atoms with Crippen LogP contribution in [0.1, 0.15) is 0 Å². The summed E-state index contributed by atoms with van der Waals surface area (Å²) in [5, 5.41) is 5.63. The Labute approximate surface area is 124 Å². The Morgan fingerprint density at radius 2 is 1.81 bits per heavy atom. The first kappa shape index (κ1) is 14.6. The molecule has 0 unspecified atom stereocenters. The molecule has 2 N–H and O–H groups in total. The molecule has 0 aliphatic heterocycles. The molecule has 2 aromatic rings. The van der Waals surface area contributed by atoms with Crippen molar-refractivity contribution in [3.8, 4) is 23.8 Å². The number of para-hydroxylation sites is 3. The van der Waals surface area contributed by atoms with Crippen LogP contribution in [0.5, 0.6) is 11.5 Å². The summed E-state index contributed by atoms with van der Waals surface area (Å²) in [6.45, 7) is 0.513. The van der Waals surface area contributed by atoms with Crippen LogP contribution < -0.4 is 15.4 Å². The fraction of sp³-hybridized carbons (Fsp3) is 0.118. The summed E-state index contributed by atoms with van der Waals surface area (Å²) in [6, 6.07) is 16.7. The Morgan fingerprint density at radius 1 is 1.10 bits per heavy atom. The zero-order chi connectivity index (χ0) is 14.9. The minimum absolute atomic E-state index is 0.157. The molecule has 0 bridgehead atoms. The van der Waals surface area contributed by atoms with Crippen molar-refractivity contribution in [2.75, 3.05) is 18.4 Å². The molecule has 0 heterocycles. The Kier molecular flexibility index (Phi) is 5.39. The molecule has 4 heteroatoms. The van der Waals surface area contributed by atoms with Gasteiger partial charge in [0.25, 0.3) is 0 Å². The highest BCUT2D eigenvalue weighted by atomic mass is 16.5. The first-order valence-electron chi connectivity index (χ1n) is 6.55. The third-order valence-electron chi connectivity index (χ3n) is 2.64. The van der Waals surface area contributed by atoms with E-state index < -0.39 is 0 Å². The first-order chi connectivity index (χ1) is 10.3. The fourth-order valence-corrected chi connectivity index (χ4v) is 1.72. The number of anilines is 1. The van der Waals surface area contributed by atoms with Gasteiger partial charge >= 0.3 is 0 Å². The monoisotopic (exact) mass is 280 g/mol. The fourth-order valence-electron chi connectivity index (χ4n) is 1.72. The maximum absolute atomic E-state index is 11.8. The molecule has 21 heavy (non-hydrogen) atoms. The zero-order valence-corrected chi connectivity index (χ0v) is 11.5. The average Bonchev–Trinajstić information content (AvgIpc) is 2.51. The summed E-state index contributed by atoms with van der Waals surface area (Å²) in [6.07, 6.45) is 5.11. The van der Waals surface area contributed by atoms with Gasteiger partial charge in [0.1, 0.15) is 5.75 Å². The summed E-state index contributed by atoms with van der Waals surface area (Å²) < 4.78 is 5.77. The summed E-state index contributed by atoms with van der Waals surface area (Å²) >= 11 is 0. The van der Waals surface area contributed by atoms with Gasteiger partial charge in [0.15, 0.2) is 5.75 Å². The molecule has 4 nitrogen and oxygen atoms in total. The Bertz CT molecular complexity index is 633. The molecule has 2 rings (SSSR count). The van der Waals surface area contributed by atoms with Gasteiger partial charge in [-0.25, -0.2) is 0 Å². The van der Waals surface area contributed by atoms with Crippen molar-refractivity contribution in [1.82, 2.24) is 5.32 Å². The van der Waals surface area contributed by atoms with E-state index in [0.29, 0.717) is 23.7 Å². The predicted octanol–water partition coefficient (Wildman–Crippen LogP) is 2.64. The molecule has 0 aliphatic rings. The number of nitrogens with one attached hydrogen (secondary N) is 2. The number of ether oxygens (including phenoxy) is 1. The molecular weight excluding hydrogens is 264 g/mol. The lowest BCUT2D eigenvalue weighted by atomic mass is 10.3. The minimum Gasteiger partial charge on any atom is -0.455 e. The summed E-state index contributed by atoms with van der Waals surface area (Å²) in [4.78, 5) is 11.8. The third kappa shape index (κ3) is 4.68. The molecule has 106 valence electrons. The second kappa shape index (κ2) is 7.73. The lowest BCUT2D eigenvalue weighted by Gasteiger charge is -2.12. The van der Waals surface area contributed by atoms with E-state index in [2.05, 4.69) is 16.6 Å². The Balaban J connectivity index is 2.03. The second-order valence-electron chi connectivity index (χ2n) is 4.27. The van der Waals surface area contributed by atoms with E-state index in [-0.39, 0.29) is 12.5 Å². The second-order valence-corrected chi connectivity index (χ2v) is 4.27. The highest BCUT2D eigenvalue weighted by Crippen LogP contribution is 2.28. The van der Waals surface area contributed by atoms with Crippen molar-refractivity contribution in [3.63, 3.8) is 0 Å². The lowest BCUT2D eigenvalue weighted by molar-refractivity contribution is -0.115. The van der Waals surface area contributed by atoms with Gasteiger partial charge in [0.05, 0.1) is 18.8 Å². The predicted molar refractivity (Wildman–Crippen MR) is 83.3 cm³/mol. The number of rotatable bonds is 6. The van der Waals surface area contributed by atoms with Gasteiger partial charge in [-0.05, 0) is 24.3 Å². The van der Waals surface area contributed by atoms with Gasteiger partial charge in [-0.15, -0.1) is 6.42 Å². The standard InChI is InChI=1S/C17H16N2O2/c1-2-12-18-13-17(20)19-15-10-6-7-11-16(15)21-14-8-4-3-5-9-14/h1,3-11,18H,12-13H2,(H,19,20). The van der Waals surface area contributed by atoms with Crippen molar-refractivity contribution in [3.05, 3.63) is 54.6 Å². The van der Waals surface area contributed by atoms with Gasteiger partial charge in [0.2, 0.25) is 5.91 Å². The van der Waals surface area contributed by atoms with Crippen LogP contribution in [0.4, 0.5) is 5.69 Å². The van der Waals surface area contributed by atoms with Crippen molar-refractivity contribution in [1.29, 1.82) is 0 Å². The Hall–Kier alpha value is -2.77. The molecule has 2 aromatic carbocycles. The van der Waals surface area contributed by atoms with Crippen LogP contribution >= 0.6 is 0 Å². The number of carbonyl (C=O) groups is 1. The average molecular weight is 280 g/mol. The van der Waals surface area contributed by atoms with E-state index in [1.165, 1.54) is 0 Å². The van der Waals surface area contributed by atoms with Crippen LogP contribution in [0.2, 0.25) is 0 Å². The van der Waals surface area contributed by atoms with Crippen molar-refractivity contribution in [2.45, 2.75) is 0 Å². The van der Waals surface area contributed by atoms with Gasteiger partial charge in [-0.1, -0.05) is 36.3 Å². The number of carbonyl (C=O) groups excluding carboxylic acids is 1. The Morgan fingerprint density at radius 3 is 2.57 bits per heavy atom. The van der Waals surface area contributed by atoms with Crippen LogP contribution in [0, 0.1) is 12.3 Å². The largest absolute Gasteiger partial charge is 0.455 e. The van der Waals surface area contributed by atoms with Gasteiger partial charge in [-0.2, -0.15) is 0 Å². The molecule has 0 fully saturated rings. The maximum atomic E-state index is 11.8. The molecule has 0 radical (unpaired) electrons. The SMILES string of the molecule is C#CCNCC(=O)Nc1ccccc1Oc1ccccc1. The van der Waals surface area contributed by atoms with E-state index in [0.717, 1.165) is 0 Å². The highest BCUT2D eigenvalue weighted by Gasteiger charge is 2.07. The normalized spacial score (nSPS) is 9.67. The first-order valence-corrected chi connectivity index (χ1v) is 6.55. The molecule has 0 aromatic heterocycles. The minimum atomic E-state index is -0.172. The van der Waals surface area contributed by atoms with E-state index in [9.17, 15) is 4.79 Å². The van der Waals surface area contributed by atoms with E-state index in [1.54, 1.807) is 12.1 Å². The number of benzene rings is 2. The summed E-state index contributed by atoms with van der Waals surface area (Å²) in [5.74, 6) is 3.55. The van der Waals surface area contributed by atoms with Gasteiger partial charge in [0, 0.05) is 0 Å². The highest BCUT2D eigenvalue weighted by molar-refractivity contribution is 5.93. The van der Waals surface area contributed by atoms with E-state index >= 15 is 0 Å². The number of hydrogen-bond donors (Lipinski definition) is 2. The molecule has 0 saturated carbocycles. The molecule has 0 atom stereocenters. The van der Waals surface area contributed by atoms with Crippen LogP contribution in [-0.2, 0) is 4.79 Å². The molecule has 0 spiro atoms. The van der Waals surface area contributed by atoms with Crippen molar-refractivity contribution in [2.24, 2.45) is 0 Å². The van der Waals surface area contributed by atoms with E-state index in [4.69, 9.17) is 11.2 Å². The van der Waals surface area contributed by atoms with Crippen LogP contribution in [0.25, 0.3) is 0 Å². The van der Waals surface area contributed by atoms with Crippen LogP contribution in [0.3, 0.4) is 0 Å². The molecule has 0 aliphatic carbocycles. The molecular formula is C17H16N2O2. The zero-order valence-electron chi connectivity index (χ0n) is 11.5. The smallest absolute Gasteiger partial charge is 0.238 e. The summed E-state index contributed by atoms with van der Waals surface area (Å²) in [5.41, 5.74) is 0.619. The van der Waals surface area contributed by atoms with Crippen LogP contribution in [-0.4, -0.2) is 19.0 Å².